The lowest BCUT2D eigenvalue weighted by molar-refractivity contribution is 0.0745. The van der Waals surface area contributed by atoms with Gasteiger partial charge in [0.15, 0.2) is 11.5 Å². The number of nitrogens with zero attached hydrogens (tertiary/aromatic N) is 2. The second-order valence-electron chi connectivity index (χ2n) is 7.80. The van der Waals surface area contributed by atoms with Gasteiger partial charge in [0, 0.05) is 29.6 Å². The maximum atomic E-state index is 13.4. The van der Waals surface area contributed by atoms with Crippen LogP contribution in [0.25, 0.3) is 10.9 Å². The molecule has 0 radical (unpaired) electrons. The predicted octanol–water partition coefficient (Wildman–Crippen LogP) is 5.93. The van der Waals surface area contributed by atoms with E-state index in [-0.39, 0.29) is 12.5 Å². The third-order valence-corrected chi connectivity index (χ3v) is 5.94. The Labute approximate surface area is 202 Å². The van der Waals surface area contributed by atoms with Crippen molar-refractivity contribution in [1.29, 1.82) is 0 Å². The van der Waals surface area contributed by atoms with Gasteiger partial charge < -0.3 is 14.4 Å². The Morgan fingerprint density at radius 3 is 2.44 bits per heavy atom. The first-order chi connectivity index (χ1) is 16.5. The van der Waals surface area contributed by atoms with Gasteiger partial charge in [-0.05, 0) is 60.5 Å². The third kappa shape index (κ3) is 5.29. The van der Waals surface area contributed by atoms with Crippen LogP contribution in [0.3, 0.4) is 0 Å². The summed E-state index contributed by atoms with van der Waals surface area (Å²) in [5.74, 6) is 0.651. The number of para-hydroxylation sites is 1. The van der Waals surface area contributed by atoms with Crippen molar-refractivity contribution < 1.29 is 18.7 Å². The molecule has 0 aliphatic carbocycles. The number of amides is 1. The number of carbonyl (C=O) groups excluding carboxylic acids is 1. The van der Waals surface area contributed by atoms with Crippen LogP contribution in [-0.4, -0.2) is 36.6 Å². The molecule has 34 heavy (non-hydrogen) atoms. The zero-order valence-electron chi connectivity index (χ0n) is 18.9. The summed E-state index contributed by atoms with van der Waals surface area (Å²) in [6.07, 6.45) is 0.575. The molecule has 3 aromatic carbocycles. The fraction of sp³-hybridized carbons (Fsp3) is 0.185. The van der Waals surface area contributed by atoms with E-state index in [9.17, 15) is 9.18 Å². The highest BCUT2D eigenvalue weighted by Gasteiger charge is 2.19. The Balaban J connectivity index is 1.62. The predicted molar refractivity (Wildman–Crippen MR) is 131 cm³/mol. The van der Waals surface area contributed by atoms with Gasteiger partial charge in [-0.1, -0.05) is 35.9 Å². The van der Waals surface area contributed by atoms with E-state index in [4.69, 9.17) is 21.1 Å². The molecule has 0 atom stereocenters. The molecule has 7 heteroatoms. The summed E-state index contributed by atoms with van der Waals surface area (Å²) < 4.78 is 24.1. The van der Waals surface area contributed by atoms with E-state index in [0.717, 1.165) is 22.0 Å². The summed E-state index contributed by atoms with van der Waals surface area (Å²) in [5.41, 5.74) is 2.91. The molecule has 0 bridgehead atoms. The largest absolute Gasteiger partial charge is 0.493 e. The average molecular weight is 479 g/mol. The molecule has 0 saturated heterocycles. The fourth-order valence-electron chi connectivity index (χ4n) is 3.78. The lowest BCUT2D eigenvalue weighted by Gasteiger charge is -2.24. The number of aromatic nitrogens is 1. The molecular formula is C27H24ClFN2O3. The smallest absolute Gasteiger partial charge is 0.254 e. The number of hydrogen-bond donors (Lipinski definition) is 0. The van der Waals surface area contributed by atoms with Gasteiger partial charge in [-0.15, -0.1) is 0 Å². The maximum Gasteiger partial charge on any atom is 0.254 e. The maximum absolute atomic E-state index is 13.4. The molecule has 0 aliphatic rings. The molecule has 4 aromatic rings. The van der Waals surface area contributed by atoms with Crippen LogP contribution in [0.15, 0.2) is 72.8 Å². The van der Waals surface area contributed by atoms with Gasteiger partial charge in [-0.25, -0.2) is 9.37 Å². The van der Waals surface area contributed by atoms with Crippen molar-refractivity contribution in [2.45, 2.75) is 13.0 Å². The first-order valence-electron chi connectivity index (χ1n) is 10.8. The van der Waals surface area contributed by atoms with Crippen molar-refractivity contribution in [3.05, 3.63) is 100 Å². The molecule has 1 amide bonds. The number of carbonyl (C=O) groups is 1. The quantitative estimate of drug-likeness (QED) is 0.294. The van der Waals surface area contributed by atoms with E-state index in [1.165, 1.54) is 24.3 Å². The van der Waals surface area contributed by atoms with Gasteiger partial charge in [-0.3, -0.25) is 4.79 Å². The van der Waals surface area contributed by atoms with Crippen LogP contribution < -0.4 is 9.47 Å². The van der Waals surface area contributed by atoms with Crippen LogP contribution >= 0.6 is 11.6 Å². The monoisotopic (exact) mass is 478 g/mol. The van der Waals surface area contributed by atoms with Crippen molar-refractivity contribution in [3.63, 3.8) is 0 Å². The van der Waals surface area contributed by atoms with E-state index in [0.29, 0.717) is 35.2 Å². The first-order valence-corrected chi connectivity index (χ1v) is 11.2. The van der Waals surface area contributed by atoms with Gasteiger partial charge >= 0.3 is 0 Å². The SMILES string of the molecule is COc1ccc(CCN(Cc2cc3ccccc3nc2Cl)C(=O)c2ccc(F)cc2)cc1OC. The van der Waals surface area contributed by atoms with Gasteiger partial charge in [0.1, 0.15) is 11.0 Å². The van der Waals surface area contributed by atoms with E-state index in [1.54, 1.807) is 19.1 Å². The summed E-state index contributed by atoms with van der Waals surface area (Å²) in [5, 5.41) is 1.29. The summed E-state index contributed by atoms with van der Waals surface area (Å²) >= 11 is 6.48. The third-order valence-electron chi connectivity index (χ3n) is 5.61. The molecular weight excluding hydrogens is 455 g/mol. The number of methoxy groups -OCH3 is 2. The van der Waals surface area contributed by atoms with Gasteiger partial charge in [0.25, 0.3) is 5.91 Å². The molecule has 0 spiro atoms. The molecule has 0 saturated carbocycles. The zero-order valence-corrected chi connectivity index (χ0v) is 19.7. The number of fused-ring (bicyclic) bond motifs is 1. The second-order valence-corrected chi connectivity index (χ2v) is 8.16. The highest BCUT2D eigenvalue weighted by molar-refractivity contribution is 6.30. The zero-order chi connectivity index (χ0) is 24.1. The summed E-state index contributed by atoms with van der Waals surface area (Å²) in [6.45, 7) is 0.676. The average Bonchev–Trinajstić information content (AvgIpc) is 2.86. The molecule has 0 aliphatic heterocycles. The Kier molecular flexibility index (Phi) is 7.28. The van der Waals surface area contributed by atoms with Crippen LogP contribution in [0.1, 0.15) is 21.5 Å². The molecule has 0 unspecified atom stereocenters. The van der Waals surface area contributed by atoms with Crippen LogP contribution in [-0.2, 0) is 13.0 Å². The lowest BCUT2D eigenvalue weighted by Crippen LogP contribution is -2.32. The Morgan fingerprint density at radius 2 is 1.71 bits per heavy atom. The fourth-order valence-corrected chi connectivity index (χ4v) is 3.99. The normalized spacial score (nSPS) is 10.8. The standard InChI is InChI=1S/C27H24ClFN2O3/c1-33-24-12-7-18(15-25(24)34-2)13-14-31(27(32)19-8-10-22(29)11-9-19)17-21-16-20-5-3-4-6-23(20)30-26(21)28/h3-12,15-16H,13-14,17H2,1-2H3. The van der Waals surface area contributed by atoms with E-state index in [2.05, 4.69) is 4.98 Å². The lowest BCUT2D eigenvalue weighted by atomic mass is 10.1. The van der Waals surface area contributed by atoms with Crippen LogP contribution in [0.5, 0.6) is 11.5 Å². The molecule has 0 fully saturated rings. The topological polar surface area (TPSA) is 51.7 Å². The summed E-state index contributed by atoms with van der Waals surface area (Å²) in [4.78, 5) is 19.6. The van der Waals surface area contributed by atoms with Crippen molar-refractivity contribution >= 4 is 28.4 Å². The number of halogens is 2. The number of benzene rings is 3. The van der Waals surface area contributed by atoms with Gasteiger partial charge in [0.05, 0.1) is 19.7 Å². The van der Waals surface area contributed by atoms with Crippen LogP contribution in [0.4, 0.5) is 4.39 Å². The van der Waals surface area contributed by atoms with Crippen molar-refractivity contribution in [2.24, 2.45) is 0 Å². The minimum absolute atomic E-state index is 0.218. The van der Waals surface area contributed by atoms with Gasteiger partial charge in [0.2, 0.25) is 0 Å². The number of pyridine rings is 1. The first kappa shape index (κ1) is 23.5. The van der Waals surface area contributed by atoms with E-state index in [1.807, 2.05) is 48.5 Å². The van der Waals surface area contributed by atoms with E-state index < -0.39 is 5.82 Å². The second kappa shape index (κ2) is 10.5. The molecule has 4 rings (SSSR count). The number of ether oxygens (including phenoxy) is 2. The Morgan fingerprint density at radius 1 is 0.971 bits per heavy atom. The Hall–Kier alpha value is -3.64. The molecule has 1 heterocycles. The van der Waals surface area contributed by atoms with E-state index >= 15 is 0 Å². The van der Waals surface area contributed by atoms with Crippen molar-refractivity contribution in [2.75, 3.05) is 20.8 Å². The van der Waals surface area contributed by atoms with Crippen molar-refractivity contribution in [1.82, 2.24) is 9.88 Å². The highest BCUT2D eigenvalue weighted by atomic mass is 35.5. The Bertz CT molecular complexity index is 1310. The van der Waals surface area contributed by atoms with Crippen molar-refractivity contribution in [3.8, 4) is 11.5 Å². The molecule has 5 nitrogen and oxygen atoms in total. The number of hydrogen-bond acceptors (Lipinski definition) is 4. The molecule has 1 aromatic heterocycles. The minimum Gasteiger partial charge on any atom is -0.493 e. The highest BCUT2D eigenvalue weighted by Crippen LogP contribution is 2.28. The summed E-state index contributed by atoms with van der Waals surface area (Å²) in [7, 11) is 3.17. The van der Waals surface area contributed by atoms with Crippen LogP contribution in [0.2, 0.25) is 5.15 Å². The van der Waals surface area contributed by atoms with Crippen LogP contribution in [0, 0.1) is 5.82 Å². The number of rotatable bonds is 8. The minimum atomic E-state index is -0.393. The molecule has 0 N–H and O–H groups in total. The molecule has 174 valence electrons. The summed E-state index contributed by atoms with van der Waals surface area (Å²) in [6, 6.07) is 20.8. The van der Waals surface area contributed by atoms with Gasteiger partial charge in [-0.2, -0.15) is 0 Å².